The molecule has 1 amide bonds. The number of hydrogen-bond donors (Lipinski definition) is 2. The first-order valence-corrected chi connectivity index (χ1v) is 13.1. The van der Waals surface area contributed by atoms with Crippen LogP contribution in [0.2, 0.25) is 0 Å². The fourth-order valence-corrected chi connectivity index (χ4v) is 4.92. The summed E-state index contributed by atoms with van der Waals surface area (Å²) in [7, 11) is 0. The molecule has 5 rings (SSSR count). The van der Waals surface area contributed by atoms with Gasteiger partial charge in [0.2, 0.25) is 0 Å². The SMILES string of the molecule is CSc1ccc(-c2cnc3c(N4CCC(C)CC4)cc(C(=O)NCc4ccc(C)[n+]([O-])c4)cn23)[nH]1. The number of fused-ring (bicyclic) bond motifs is 1. The first-order valence-electron chi connectivity index (χ1n) is 11.9. The number of anilines is 1. The second-order valence-electron chi connectivity index (χ2n) is 9.25. The summed E-state index contributed by atoms with van der Waals surface area (Å²) in [4.78, 5) is 23.8. The minimum atomic E-state index is -0.188. The number of amides is 1. The van der Waals surface area contributed by atoms with E-state index < -0.39 is 0 Å². The Bertz CT molecular complexity index is 1370. The summed E-state index contributed by atoms with van der Waals surface area (Å²) in [6.07, 6.45) is 9.49. The highest BCUT2D eigenvalue weighted by atomic mass is 32.2. The van der Waals surface area contributed by atoms with E-state index >= 15 is 0 Å². The second kappa shape index (κ2) is 9.65. The Kier molecular flexibility index (Phi) is 6.42. The van der Waals surface area contributed by atoms with Gasteiger partial charge in [-0.05, 0) is 49.3 Å². The third kappa shape index (κ3) is 4.73. The Morgan fingerprint density at radius 1 is 1.29 bits per heavy atom. The van der Waals surface area contributed by atoms with E-state index in [4.69, 9.17) is 4.98 Å². The third-order valence-corrected chi connectivity index (χ3v) is 7.43. The topological polar surface area (TPSA) is 92.4 Å². The van der Waals surface area contributed by atoms with Gasteiger partial charge in [0, 0.05) is 44.4 Å². The lowest BCUT2D eigenvalue weighted by Gasteiger charge is -2.32. The van der Waals surface area contributed by atoms with E-state index in [0.717, 1.165) is 64.0 Å². The maximum absolute atomic E-state index is 13.3. The molecule has 1 aliphatic rings. The second-order valence-corrected chi connectivity index (χ2v) is 10.1. The van der Waals surface area contributed by atoms with Crippen LogP contribution in [-0.2, 0) is 6.54 Å². The third-order valence-electron chi connectivity index (χ3n) is 6.75. The summed E-state index contributed by atoms with van der Waals surface area (Å²) in [6, 6.07) is 9.65. The Morgan fingerprint density at radius 3 is 2.80 bits per heavy atom. The zero-order valence-electron chi connectivity index (χ0n) is 20.2. The average Bonchev–Trinajstić information content (AvgIpc) is 3.51. The first kappa shape index (κ1) is 23.3. The highest BCUT2D eigenvalue weighted by molar-refractivity contribution is 7.98. The van der Waals surface area contributed by atoms with Gasteiger partial charge in [-0.3, -0.25) is 9.20 Å². The quantitative estimate of drug-likeness (QED) is 0.241. The number of carbonyl (C=O) groups excluding carboxylic acids is 1. The van der Waals surface area contributed by atoms with Crippen molar-refractivity contribution < 1.29 is 9.52 Å². The number of thioether (sulfide) groups is 1. The van der Waals surface area contributed by atoms with E-state index in [9.17, 15) is 10.0 Å². The summed E-state index contributed by atoms with van der Waals surface area (Å²) in [6.45, 7) is 6.20. The lowest BCUT2D eigenvalue weighted by Crippen LogP contribution is -2.34. The maximum Gasteiger partial charge on any atom is 0.253 e. The minimum Gasteiger partial charge on any atom is -0.619 e. The lowest BCUT2D eigenvalue weighted by atomic mass is 9.99. The Hall–Kier alpha value is -3.46. The Morgan fingerprint density at radius 2 is 2.09 bits per heavy atom. The zero-order valence-corrected chi connectivity index (χ0v) is 21.1. The van der Waals surface area contributed by atoms with Crippen LogP contribution >= 0.6 is 11.8 Å². The summed E-state index contributed by atoms with van der Waals surface area (Å²) in [5, 5.41) is 15.9. The highest BCUT2D eigenvalue weighted by Crippen LogP contribution is 2.31. The number of H-pyrrole nitrogens is 1. The van der Waals surface area contributed by atoms with E-state index in [1.165, 1.54) is 6.20 Å². The highest BCUT2D eigenvalue weighted by Gasteiger charge is 2.22. The largest absolute Gasteiger partial charge is 0.619 e. The smallest absolute Gasteiger partial charge is 0.253 e. The van der Waals surface area contributed by atoms with E-state index in [2.05, 4.69) is 22.1 Å². The fourth-order valence-electron chi connectivity index (χ4n) is 4.50. The first-order chi connectivity index (χ1) is 16.9. The fraction of sp³-hybridized carbons (Fsp3) is 0.346. The van der Waals surface area contributed by atoms with Crippen molar-refractivity contribution in [1.82, 2.24) is 19.7 Å². The molecular formula is C26H30N6O2S. The molecule has 9 heteroatoms. The number of hydrogen-bond acceptors (Lipinski definition) is 5. The van der Waals surface area contributed by atoms with Crippen molar-refractivity contribution in [3.05, 3.63) is 71.0 Å². The number of aromatic amines is 1. The van der Waals surface area contributed by atoms with E-state index in [-0.39, 0.29) is 12.5 Å². The molecule has 0 aromatic carbocycles. The molecule has 0 radical (unpaired) electrons. The number of aromatic nitrogens is 4. The number of imidazole rings is 1. The van der Waals surface area contributed by atoms with E-state index in [1.54, 1.807) is 24.8 Å². The van der Waals surface area contributed by atoms with Crippen LogP contribution in [0.4, 0.5) is 5.69 Å². The zero-order chi connectivity index (χ0) is 24.5. The van der Waals surface area contributed by atoms with Gasteiger partial charge in [-0.25, -0.2) is 4.98 Å². The molecule has 1 aliphatic heterocycles. The van der Waals surface area contributed by atoms with Gasteiger partial charge in [-0.15, -0.1) is 11.8 Å². The number of rotatable bonds is 6. The number of carbonyl (C=O) groups is 1. The molecule has 8 nitrogen and oxygen atoms in total. The molecule has 1 fully saturated rings. The molecule has 0 atom stereocenters. The van der Waals surface area contributed by atoms with Crippen molar-refractivity contribution >= 4 is 29.0 Å². The predicted octanol–water partition coefficient (Wildman–Crippen LogP) is 4.16. The van der Waals surface area contributed by atoms with Gasteiger partial charge in [0.05, 0.1) is 33.9 Å². The summed E-state index contributed by atoms with van der Waals surface area (Å²) in [5.41, 5.74) is 5.61. The van der Waals surface area contributed by atoms with Crippen LogP contribution in [0.5, 0.6) is 0 Å². The molecule has 4 aromatic rings. The summed E-state index contributed by atoms with van der Waals surface area (Å²) >= 11 is 1.65. The predicted molar refractivity (Wildman–Crippen MR) is 139 cm³/mol. The van der Waals surface area contributed by atoms with E-state index in [0.29, 0.717) is 17.2 Å². The van der Waals surface area contributed by atoms with Crippen molar-refractivity contribution in [3.8, 4) is 11.4 Å². The molecule has 0 aliphatic carbocycles. The molecule has 0 unspecified atom stereocenters. The molecule has 0 saturated carbocycles. The van der Waals surface area contributed by atoms with Crippen molar-refractivity contribution in [2.75, 3.05) is 24.2 Å². The summed E-state index contributed by atoms with van der Waals surface area (Å²) in [5.74, 6) is 0.513. The standard InChI is InChI=1S/C26H30N6O2S/c1-17-8-10-30(11-9-17)22-12-20(26(33)28-13-19-5-4-18(2)32(34)15-19)16-31-23(14-27-25(22)31)21-6-7-24(29-21)35-3/h4-7,12,14-17,29H,8-11,13H2,1-3H3,(H,28,33). The molecule has 1 saturated heterocycles. The lowest BCUT2D eigenvalue weighted by molar-refractivity contribution is -0.612. The maximum atomic E-state index is 13.3. The molecule has 182 valence electrons. The normalized spacial score (nSPS) is 14.5. The van der Waals surface area contributed by atoms with Gasteiger partial charge >= 0.3 is 0 Å². The van der Waals surface area contributed by atoms with Crippen molar-refractivity contribution in [2.24, 2.45) is 5.92 Å². The average molecular weight is 491 g/mol. The molecule has 5 heterocycles. The van der Waals surface area contributed by atoms with Gasteiger partial charge in [0.15, 0.2) is 17.5 Å². The summed E-state index contributed by atoms with van der Waals surface area (Å²) < 4.78 is 2.83. The van der Waals surface area contributed by atoms with E-state index in [1.807, 2.05) is 47.3 Å². The molecule has 35 heavy (non-hydrogen) atoms. The monoisotopic (exact) mass is 490 g/mol. The Balaban J connectivity index is 1.51. The number of aryl methyl sites for hydroxylation is 1. The number of piperidine rings is 1. The minimum absolute atomic E-state index is 0.188. The Labute approximate surface area is 209 Å². The van der Waals surface area contributed by atoms with Gasteiger partial charge in [-0.1, -0.05) is 6.92 Å². The molecule has 4 aromatic heterocycles. The van der Waals surface area contributed by atoms with Gasteiger partial charge < -0.3 is 20.4 Å². The van der Waals surface area contributed by atoms with Crippen molar-refractivity contribution in [3.63, 3.8) is 0 Å². The molecular weight excluding hydrogens is 460 g/mol. The van der Waals surface area contributed by atoms with Crippen LogP contribution in [0.25, 0.3) is 17.0 Å². The van der Waals surface area contributed by atoms with Crippen LogP contribution in [0.15, 0.2) is 53.9 Å². The van der Waals surface area contributed by atoms with Crippen LogP contribution < -0.4 is 14.9 Å². The molecule has 0 spiro atoms. The van der Waals surface area contributed by atoms with Crippen LogP contribution in [0.3, 0.4) is 0 Å². The number of nitrogens with one attached hydrogen (secondary N) is 2. The van der Waals surface area contributed by atoms with Crippen molar-refractivity contribution in [2.45, 2.75) is 38.3 Å². The van der Waals surface area contributed by atoms with Crippen LogP contribution in [-0.4, -0.2) is 39.6 Å². The van der Waals surface area contributed by atoms with Gasteiger partial charge in [-0.2, -0.15) is 4.73 Å². The number of nitrogens with zero attached hydrogens (tertiary/aromatic N) is 4. The van der Waals surface area contributed by atoms with Crippen molar-refractivity contribution in [1.29, 1.82) is 0 Å². The van der Waals surface area contributed by atoms with Gasteiger partial charge in [0.1, 0.15) is 0 Å². The molecule has 2 N–H and O–H groups in total. The van der Waals surface area contributed by atoms with Gasteiger partial charge in [0.25, 0.3) is 5.91 Å². The van der Waals surface area contributed by atoms with Crippen LogP contribution in [0, 0.1) is 18.0 Å². The number of pyridine rings is 2. The molecule has 0 bridgehead atoms. The van der Waals surface area contributed by atoms with Crippen LogP contribution in [0.1, 0.15) is 41.4 Å².